The summed E-state index contributed by atoms with van der Waals surface area (Å²) in [7, 11) is 1.83. The topological polar surface area (TPSA) is 75.5 Å². The normalized spacial score (nSPS) is 17.4. The molecule has 7 nitrogen and oxygen atoms in total. The van der Waals surface area contributed by atoms with E-state index in [-0.39, 0.29) is 11.6 Å². The molecule has 1 aromatic heterocycles. The molecule has 0 amide bonds. The second kappa shape index (κ2) is 11.3. The van der Waals surface area contributed by atoms with E-state index >= 15 is 0 Å². The van der Waals surface area contributed by atoms with Crippen LogP contribution in [0.2, 0.25) is 0 Å². The van der Waals surface area contributed by atoms with Gasteiger partial charge in [0.1, 0.15) is 0 Å². The molecule has 3 N–H and O–H groups in total. The van der Waals surface area contributed by atoms with Crippen molar-refractivity contribution in [3.8, 4) is 0 Å². The van der Waals surface area contributed by atoms with Crippen molar-refractivity contribution in [1.82, 2.24) is 25.7 Å². The fourth-order valence-electron chi connectivity index (χ4n) is 4.23. The zero-order chi connectivity index (χ0) is 22.1. The number of rotatable bonds is 9. The first-order valence-electron chi connectivity index (χ1n) is 11.4. The number of hydrogen-bond acceptors (Lipinski definition) is 4. The molecule has 1 unspecified atom stereocenters. The van der Waals surface area contributed by atoms with Crippen LogP contribution >= 0.6 is 0 Å². The molecule has 1 saturated heterocycles. The average Bonchev–Trinajstić information content (AvgIpc) is 3.11. The third-order valence-electron chi connectivity index (χ3n) is 6.03. The van der Waals surface area contributed by atoms with E-state index in [1.54, 1.807) is 0 Å². The van der Waals surface area contributed by atoms with Gasteiger partial charge >= 0.3 is 0 Å². The molecule has 1 aliphatic heterocycles. The Hall–Kier alpha value is -2.38. The van der Waals surface area contributed by atoms with E-state index in [2.05, 4.69) is 81.0 Å². The van der Waals surface area contributed by atoms with Gasteiger partial charge in [-0.25, -0.2) is 0 Å². The first-order chi connectivity index (χ1) is 15.0. The molecule has 170 valence electrons. The van der Waals surface area contributed by atoms with E-state index in [0.717, 1.165) is 63.8 Å². The minimum atomic E-state index is -0.0190. The number of aliphatic imine (C=N–C) groups is 1. The van der Waals surface area contributed by atoms with Crippen LogP contribution in [0, 0.1) is 13.8 Å². The lowest BCUT2D eigenvalue weighted by molar-refractivity contribution is 0.0355. The van der Waals surface area contributed by atoms with Gasteiger partial charge < -0.3 is 20.7 Å². The van der Waals surface area contributed by atoms with Gasteiger partial charge in [-0.1, -0.05) is 30.3 Å². The summed E-state index contributed by atoms with van der Waals surface area (Å²) in [6.45, 7) is 10.5. The van der Waals surface area contributed by atoms with Gasteiger partial charge in [0, 0.05) is 57.2 Å². The van der Waals surface area contributed by atoms with Crippen LogP contribution in [0.1, 0.15) is 49.2 Å². The van der Waals surface area contributed by atoms with Gasteiger partial charge in [0.25, 0.3) is 0 Å². The first kappa shape index (κ1) is 23.3. The Morgan fingerprint density at radius 1 is 1.19 bits per heavy atom. The summed E-state index contributed by atoms with van der Waals surface area (Å²) in [6.07, 6.45) is 2.95. The van der Waals surface area contributed by atoms with Crippen LogP contribution in [0.4, 0.5) is 0 Å². The molecule has 0 radical (unpaired) electrons. The molecule has 1 aliphatic rings. The number of aryl methyl sites for hydroxylation is 3. The van der Waals surface area contributed by atoms with Gasteiger partial charge in [0.2, 0.25) is 0 Å². The number of nitrogens with zero attached hydrogens (tertiary/aromatic N) is 3. The second-order valence-corrected chi connectivity index (χ2v) is 8.53. The first-order valence-corrected chi connectivity index (χ1v) is 11.4. The van der Waals surface area contributed by atoms with Crippen LogP contribution < -0.4 is 16.0 Å². The maximum atomic E-state index is 5.66. The predicted molar refractivity (Wildman–Crippen MR) is 126 cm³/mol. The van der Waals surface area contributed by atoms with Gasteiger partial charge in [0.05, 0.1) is 5.69 Å². The largest absolute Gasteiger partial charge is 0.381 e. The monoisotopic (exact) mass is 426 g/mol. The van der Waals surface area contributed by atoms with Crippen molar-refractivity contribution < 1.29 is 4.74 Å². The lowest BCUT2D eigenvalue weighted by Crippen LogP contribution is -2.58. The third kappa shape index (κ3) is 6.80. The Balaban J connectivity index is 1.50. The van der Waals surface area contributed by atoms with Crippen molar-refractivity contribution >= 4 is 5.96 Å². The van der Waals surface area contributed by atoms with Gasteiger partial charge in [-0.15, -0.1) is 0 Å². The highest BCUT2D eigenvalue weighted by molar-refractivity contribution is 5.79. The van der Waals surface area contributed by atoms with Gasteiger partial charge in [-0.2, -0.15) is 5.10 Å². The summed E-state index contributed by atoms with van der Waals surface area (Å²) in [5.74, 6) is 0.841. The van der Waals surface area contributed by atoms with E-state index in [1.165, 1.54) is 11.3 Å². The highest BCUT2D eigenvalue weighted by atomic mass is 16.5. The number of guanidine groups is 1. The molecule has 2 aromatic rings. The van der Waals surface area contributed by atoms with Crippen molar-refractivity contribution in [2.75, 3.05) is 33.4 Å². The smallest absolute Gasteiger partial charge is 0.191 e. The van der Waals surface area contributed by atoms with Crippen LogP contribution in [-0.4, -0.2) is 54.6 Å². The molecule has 1 aromatic carbocycles. The molecule has 0 bridgehead atoms. The average molecular weight is 427 g/mol. The number of benzene rings is 1. The van der Waals surface area contributed by atoms with Crippen molar-refractivity contribution in [2.45, 2.75) is 58.2 Å². The Morgan fingerprint density at radius 2 is 1.94 bits per heavy atom. The van der Waals surface area contributed by atoms with E-state index < -0.39 is 0 Å². The standard InChI is InChI=1S/C24H38N6O/c1-19-17-20(2)30(29-19)14-8-13-26-23(25-4)27-18-24(11-15-31-16-12-24)28-21(3)22-9-6-5-7-10-22/h5-7,9-10,17,21,28H,8,11-16,18H2,1-4H3,(H2,25,26,27). The molecule has 1 fully saturated rings. The van der Waals surface area contributed by atoms with Crippen LogP contribution in [-0.2, 0) is 11.3 Å². The molecule has 0 aliphatic carbocycles. The lowest BCUT2D eigenvalue weighted by atomic mass is 9.88. The zero-order valence-corrected chi connectivity index (χ0v) is 19.4. The van der Waals surface area contributed by atoms with Crippen LogP contribution in [0.25, 0.3) is 0 Å². The molecular weight excluding hydrogens is 388 g/mol. The number of ether oxygens (including phenoxy) is 1. The summed E-state index contributed by atoms with van der Waals surface area (Å²) in [4.78, 5) is 4.42. The fraction of sp³-hybridized carbons (Fsp3) is 0.583. The molecule has 31 heavy (non-hydrogen) atoms. The lowest BCUT2D eigenvalue weighted by Gasteiger charge is -2.41. The van der Waals surface area contributed by atoms with Gasteiger partial charge in [-0.3, -0.25) is 9.67 Å². The van der Waals surface area contributed by atoms with Crippen LogP contribution in [0.3, 0.4) is 0 Å². The second-order valence-electron chi connectivity index (χ2n) is 8.53. The van der Waals surface area contributed by atoms with Gasteiger partial charge in [-0.05, 0) is 51.7 Å². The number of hydrogen-bond donors (Lipinski definition) is 3. The number of nitrogens with one attached hydrogen (secondary N) is 3. The predicted octanol–water partition coefficient (Wildman–Crippen LogP) is 2.96. The van der Waals surface area contributed by atoms with E-state index in [1.807, 2.05) is 14.0 Å². The molecule has 2 heterocycles. The summed E-state index contributed by atoms with van der Waals surface area (Å²) < 4.78 is 7.72. The Morgan fingerprint density at radius 3 is 2.58 bits per heavy atom. The summed E-state index contributed by atoms with van der Waals surface area (Å²) in [5.41, 5.74) is 3.57. The van der Waals surface area contributed by atoms with Gasteiger partial charge in [0.15, 0.2) is 5.96 Å². The molecule has 0 saturated carbocycles. The van der Waals surface area contributed by atoms with Crippen LogP contribution in [0.5, 0.6) is 0 Å². The molecule has 0 spiro atoms. The highest BCUT2D eigenvalue weighted by Crippen LogP contribution is 2.25. The molecule has 1 atom stereocenters. The number of aromatic nitrogens is 2. The summed E-state index contributed by atoms with van der Waals surface area (Å²) >= 11 is 0. The SMILES string of the molecule is CN=C(NCCCn1nc(C)cc1C)NCC1(NC(C)c2ccccc2)CCOCC1. The summed E-state index contributed by atoms with van der Waals surface area (Å²) in [5, 5.41) is 15.4. The molecular formula is C24H38N6O. The van der Waals surface area contributed by atoms with Crippen molar-refractivity contribution in [3.05, 3.63) is 53.3 Å². The Labute approximate surface area is 186 Å². The summed E-state index contributed by atoms with van der Waals surface area (Å²) in [6, 6.07) is 13.0. The Bertz CT molecular complexity index is 826. The fourth-order valence-corrected chi connectivity index (χ4v) is 4.23. The zero-order valence-electron chi connectivity index (χ0n) is 19.4. The minimum Gasteiger partial charge on any atom is -0.381 e. The minimum absolute atomic E-state index is 0.0190. The highest BCUT2D eigenvalue weighted by Gasteiger charge is 2.34. The molecule has 7 heteroatoms. The Kier molecular flexibility index (Phi) is 8.49. The van der Waals surface area contributed by atoms with E-state index in [4.69, 9.17) is 4.74 Å². The third-order valence-corrected chi connectivity index (χ3v) is 6.03. The maximum Gasteiger partial charge on any atom is 0.191 e. The van der Waals surface area contributed by atoms with Crippen molar-refractivity contribution in [2.24, 2.45) is 4.99 Å². The quantitative estimate of drug-likeness (QED) is 0.327. The van der Waals surface area contributed by atoms with E-state index in [0.29, 0.717) is 0 Å². The van der Waals surface area contributed by atoms with Crippen molar-refractivity contribution in [3.63, 3.8) is 0 Å². The molecule has 3 rings (SSSR count). The van der Waals surface area contributed by atoms with Crippen molar-refractivity contribution in [1.29, 1.82) is 0 Å². The maximum absolute atomic E-state index is 5.66. The van der Waals surface area contributed by atoms with Crippen LogP contribution in [0.15, 0.2) is 41.4 Å². The van der Waals surface area contributed by atoms with E-state index in [9.17, 15) is 0 Å².